The number of aromatic nitrogens is 2. The van der Waals surface area contributed by atoms with Crippen molar-refractivity contribution in [3.63, 3.8) is 0 Å². The molecule has 0 saturated carbocycles. The number of rotatable bonds is 13. The standard InChI is InChI=1S/C43H54ClN10O4P/c1-58-38-25-33(10-11-35(38)48-43-46-26-34(44)41(50-43)47-36-6-4-5-7-39(36)59(2,3)57)52-17-14-32(15-18-52)53-22-20-51(21-23-53)19-16-45-31-9-8-29-27-54(28-30(29)24-31)37-12-13-40(55)49-42(37)56/h4-11,24-26,32,37,45H,12-23,27-28H2,1-3H3,(H,49,55,56)(H2,46,47,48,50). The first-order valence-corrected chi connectivity index (χ1v) is 23.5. The number of nitrogens with one attached hydrogen (secondary N) is 4. The topological polar surface area (TPSA) is 147 Å². The van der Waals surface area contributed by atoms with E-state index in [1.165, 1.54) is 11.1 Å². The first-order chi connectivity index (χ1) is 28.5. The Labute approximate surface area is 351 Å². The van der Waals surface area contributed by atoms with Gasteiger partial charge in [0.15, 0.2) is 5.82 Å². The summed E-state index contributed by atoms with van der Waals surface area (Å²) in [6.07, 6.45) is 4.77. The van der Waals surface area contributed by atoms with Gasteiger partial charge >= 0.3 is 0 Å². The van der Waals surface area contributed by atoms with Crippen LogP contribution in [0.15, 0.2) is 66.9 Å². The van der Waals surface area contributed by atoms with E-state index < -0.39 is 7.14 Å². The van der Waals surface area contributed by atoms with Crippen LogP contribution in [-0.2, 0) is 27.2 Å². The normalized spacial score (nSPS) is 19.7. The number of ether oxygens (including phenoxy) is 1. The van der Waals surface area contributed by atoms with Crippen LogP contribution in [0, 0.1) is 0 Å². The molecule has 1 aromatic heterocycles. The smallest absolute Gasteiger partial charge is 0.243 e. The Kier molecular flexibility index (Phi) is 12.4. The van der Waals surface area contributed by atoms with E-state index in [2.05, 4.69) is 81.2 Å². The maximum Gasteiger partial charge on any atom is 0.243 e. The lowest BCUT2D eigenvalue weighted by molar-refractivity contribution is -0.137. The van der Waals surface area contributed by atoms with Crippen molar-refractivity contribution in [3.8, 4) is 5.75 Å². The largest absolute Gasteiger partial charge is 0.494 e. The number of nitrogens with zero attached hydrogens (tertiary/aromatic N) is 6. The zero-order chi connectivity index (χ0) is 41.1. The fourth-order valence-electron chi connectivity index (χ4n) is 8.77. The monoisotopic (exact) mass is 840 g/mol. The molecule has 1 unspecified atom stereocenters. The number of carbonyl (C=O) groups excluding carboxylic acids is 2. The van der Waals surface area contributed by atoms with E-state index in [1.54, 1.807) is 26.6 Å². The molecule has 8 rings (SSSR count). The number of carbonyl (C=O) groups is 2. The summed E-state index contributed by atoms with van der Waals surface area (Å²) in [4.78, 5) is 42.9. The molecule has 0 radical (unpaired) electrons. The third-order valence-electron chi connectivity index (χ3n) is 12.0. The lowest BCUT2D eigenvalue weighted by Crippen LogP contribution is -2.53. The molecule has 14 nitrogen and oxygen atoms in total. The highest BCUT2D eigenvalue weighted by atomic mass is 35.5. The number of hydrogen-bond acceptors (Lipinski definition) is 13. The Balaban J connectivity index is 0.781. The average molecular weight is 841 g/mol. The van der Waals surface area contributed by atoms with Crippen LogP contribution in [0.1, 0.15) is 36.8 Å². The van der Waals surface area contributed by atoms with Gasteiger partial charge in [0.1, 0.15) is 17.9 Å². The summed E-state index contributed by atoms with van der Waals surface area (Å²) in [5.74, 6) is 1.12. The molecule has 312 valence electrons. The Hall–Kier alpha value is -4.72. The van der Waals surface area contributed by atoms with Gasteiger partial charge in [-0.2, -0.15) is 4.98 Å². The van der Waals surface area contributed by atoms with Crippen molar-refractivity contribution in [2.75, 3.05) is 93.6 Å². The van der Waals surface area contributed by atoms with Gasteiger partial charge in [-0.15, -0.1) is 0 Å². The maximum atomic E-state index is 12.9. The molecular weight excluding hydrogens is 787 g/mol. The van der Waals surface area contributed by atoms with Gasteiger partial charge < -0.3 is 30.2 Å². The average Bonchev–Trinajstić information content (AvgIpc) is 3.65. The summed E-state index contributed by atoms with van der Waals surface area (Å²) >= 11 is 6.49. The fourth-order valence-corrected chi connectivity index (χ4v) is 10.1. The number of amides is 2. The summed E-state index contributed by atoms with van der Waals surface area (Å²) in [6, 6.07) is 20.5. The predicted octanol–water partition coefficient (Wildman–Crippen LogP) is 5.69. The van der Waals surface area contributed by atoms with Gasteiger partial charge in [0.2, 0.25) is 17.8 Å². The molecule has 2 amide bonds. The molecule has 59 heavy (non-hydrogen) atoms. The van der Waals surface area contributed by atoms with E-state index in [0.717, 1.165) is 101 Å². The third kappa shape index (κ3) is 9.68. The second-order valence-corrected chi connectivity index (χ2v) is 19.9. The zero-order valence-electron chi connectivity index (χ0n) is 34.0. The van der Waals surface area contributed by atoms with Crippen LogP contribution in [0.25, 0.3) is 0 Å². The van der Waals surface area contributed by atoms with Gasteiger partial charge in [-0.05, 0) is 80.1 Å². The number of imide groups is 1. The first-order valence-electron chi connectivity index (χ1n) is 20.5. The summed E-state index contributed by atoms with van der Waals surface area (Å²) < 4.78 is 18.7. The van der Waals surface area contributed by atoms with Crippen molar-refractivity contribution < 1.29 is 18.9 Å². The third-order valence-corrected chi connectivity index (χ3v) is 13.9. The molecule has 5 heterocycles. The molecule has 3 fully saturated rings. The lowest BCUT2D eigenvalue weighted by Gasteiger charge is -2.43. The van der Waals surface area contributed by atoms with E-state index in [9.17, 15) is 14.2 Å². The highest BCUT2D eigenvalue weighted by Gasteiger charge is 2.35. The Morgan fingerprint density at radius 3 is 2.42 bits per heavy atom. The van der Waals surface area contributed by atoms with E-state index in [-0.39, 0.29) is 17.9 Å². The molecule has 0 spiro atoms. The summed E-state index contributed by atoms with van der Waals surface area (Å²) in [5, 5.41) is 13.8. The van der Waals surface area contributed by atoms with E-state index in [0.29, 0.717) is 47.1 Å². The predicted molar refractivity (Wildman–Crippen MR) is 236 cm³/mol. The van der Waals surface area contributed by atoms with Crippen molar-refractivity contribution in [2.24, 2.45) is 0 Å². The molecule has 16 heteroatoms. The number of para-hydroxylation sites is 1. The van der Waals surface area contributed by atoms with Gasteiger partial charge in [-0.3, -0.25) is 29.6 Å². The van der Waals surface area contributed by atoms with Gasteiger partial charge in [0.25, 0.3) is 0 Å². The van der Waals surface area contributed by atoms with Gasteiger partial charge in [-0.1, -0.05) is 29.8 Å². The van der Waals surface area contributed by atoms with Crippen LogP contribution in [-0.4, -0.2) is 121 Å². The highest BCUT2D eigenvalue weighted by molar-refractivity contribution is 7.70. The van der Waals surface area contributed by atoms with Gasteiger partial charge in [0.05, 0.1) is 30.7 Å². The molecule has 4 aromatic rings. The zero-order valence-corrected chi connectivity index (χ0v) is 35.7. The van der Waals surface area contributed by atoms with Crippen molar-refractivity contribution in [2.45, 2.75) is 50.9 Å². The lowest BCUT2D eigenvalue weighted by atomic mass is 10.0. The quantitative estimate of drug-likeness (QED) is 0.0967. The molecule has 4 N–H and O–H groups in total. The first kappa shape index (κ1) is 41.0. The Bertz CT molecular complexity index is 2220. The van der Waals surface area contributed by atoms with Gasteiger partial charge in [0, 0.05) is 101 Å². The molecule has 3 saturated heterocycles. The second-order valence-electron chi connectivity index (χ2n) is 16.3. The summed E-state index contributed by atoms with van der Waals surface area (Å²) in [5.41, 5.74) is 6.19. The Morgan fingerprint density at radius 1 is 0.881 bits per heavy atom. The van der Waals surface area contributed by atoms with Crippen LogP contribution in [0.4, 0.5) is 34.5 Å². The minimum atomic E-state index is -2.54. The molecule has 0 aliphatic carbocycles. The molecule has 3 aromatic carbocycles. The van der Waals surface area contributed by atoms with Gasteiger partial charge in [-0.25, -0.2) is 4.98 Å². The minimum Gasteiger partial charge on any atom is -0.494 e. The highest BCUT2D eigenvalue weighted by Crippen LogP contribution is 2.39. The molecule has 1 atom stereocenters. The van der Waals surface area contributed by atoms with Crippen LogP contribution >= 0.6 is 18.7 Å². The molecule has 0 bridgehead atoms. The molecule has 4 aliphatic rings. The second kappa shape index (κ2) is 17.9. The van der Waals surface area contributed by atoms with Crippen LogP contribution in [0.3, 0.4) is 0 Å². The summed E-state index contributed by atoms with van der Waals surface area (Å²) in [6.45, 7) is 13.1. The number of benzene rings is 3. The van der Waals surface area contributed by atoms with Crippen molar-refractivity contribution in [1.82, 2.24) is 30.0 Å². The van der Waals surface area contributed by atoms with E-state index >= 15 is 0 Å². The number of methoxy groups -OCH3 is 1. The fraction of sp³-hybridized carbons (Fsp3) is 0.442. The van der Waals surface area contributed by atoms with Crippen molar-refractivity contribution >= 4 is 70.4 Å². The van der Waals surface area contributed by atoms with E-state index in [1.807, 2.05) is 30.3 Å². The SMILES string of the molecule is COc1cc(N2CCC(N3CCN(CCNc4ccc5c(c4)CN(C4CCC(=O)NC4=O)C5)CC3)CC2)ccc1Nc1ncc(Cl)c(Nc2ccccc2P(C)(C)=O)n1. The number of fused-ring (bicyclic) bond motifs is 1. The number of piperidine rings is 2. The van der Waals surface area contributed by atoms with Crippen LogP contribution in [0.5, 0.6) is 5.75 Å². The molecular formula is C43H54ClN10O4P. The van der Waals surface area contributed by atoms with Crippen molar-refractivity contribution in [3.05, 3.63) is 83.0 Å². The van der Waals surface area contributed by atoms with Crippen molar-refractivity contribution in [1.29, 1.82) is 0 Å². The number of hydrogen-bond donors (Lipinski definition) is 4. The van der Waals surface area contributed by atoms with Crippen LogP contribution in [0.2, 0.25) is 5.02 Å². The number of piperazine rings is 1. The minimum absolute atomic E-state index is 0.168. The van der Waals surface area contributed by atoms with E-state index in [4.69, 9.17) is 16.3 Å². The number of anilines is 6. The number of halogens is 1. The maximum absolute atomic E-state index is 12.9. The summed E-state index contributed by atoms with van der Waals surface area (Å²) in [7, 11) is -0.872. The molecule has 4 aliphatic heterocycles. The van der Waals surface area contributed by atoms with Crippen LogP contribution < -0.4 is 36.2 Å². The Morgan fingerprint density at radius 2 is 1.66 bits per heavy atom.